The minimum Gasteiger partial charge on any atom is -0.490 e. The Bertz CT molecular complexity index is 1120. The standard InChI is InChI=1S/C23H18FNO4S/c1-2-11-29-16-9-5-13(6-10-16)17-12-18(26)25-20-19(14-3-7-15(24)8-4-14)22(23(27)28)30-21(17)20/h2-10,17H,1,11-12H2,(H,25,26)(H,27,28)/t17-/m1/s1. The molecule has 2 aromatic carbocycles. The average Bonchev–Trinajstić information content (AvgIpc) is 3.12. The number of carboxylic acids is 1. The van der Waals surface area contributed by atoms with Crippen LogP contribution >= 0.6 is 11.3 Å². The first kappa shape index (κ1) is 19.8. The van der Waals surface area contributed by atoms with Crippen LogP contribution in [0.25, 0.3) is 11.1 Å². The van der Waals surface area contributed by atoms with Crippen LogP contribution in [0.1, 0.15) is 32.5 Å². The van der Waals surface area contributed by atoms with Gasteiger partial charge in [0.05, 0.1) is 5.69 Å². The highest BCUT2D eigenvalue weighted by Crippen LogP contribution is 2.49. The van der Waals surface area contributed by atoms with Gasteiger partial charge in [-0.2, -0.15) is 0 Å². The first-order valence-electron chi connectivity index (χ1n) is 9.27. The Morgan fingerprint density at radius 2 is 1.93 bits per heavy atom. The number of fused-ring (bicyclic) bond motifs is 1. The topological polar surface area (TPSA) is 75.6 Å². The van der Waals surface area contributed by atoms with Crippen LogP contribution in [0.2, 0.25) is 0 Å². The normalized spacial score (nSPS) is 15.2. The Balaban J connectivity index is 1.80. The SMILES string of the molecule is C=CCOc1ccc([C@H]2CC(=O)Nc3c2sc(C(=O)O)c3-c2ccc(F)cc2)cc1. The van der Waals surface area contributed by atoms with Crippen molar-refractivity contribution in [3.8, 4) is 16.9 Å². The number of carboxylic acid groups (broad SMARTS) is 1. The second-order valence-corrected chi connectivity index (χ2v) is 7.88. The first-order valence-corrected chi connectivity index (χ1v) is 10.1. The molecular formula is C23H18FNO4S. The van der Waals surface area contributed by atoms with Crippen molar-refractivity contribution in [2.24, 2.45) is 0 Å². The number of nitrogens with one attached hydrogen (secondary N) is 1. The number of halogens is 1. The van der Waals surface area contributed by atoms with Gasteiger partial charge in [0.1, 0.15) is 23.1 Å². The van der Waals surface area contributed by atoms with Crippen LogP contribution in [0.15, 0.2) is 61.2 Å². The highest BCUT2D eigenvalue weighted by Gasteiger charge is 2.34. The number of amides is 1. The van der Waals surface area contributed by atoms with Crippen molar-refractivity contribution in [1.82, 2.24) is 0 Å². The minimum absolute atomic E-state index is 0.116. The van der Waals surface area contributed by atoms with Crippen LogP contribution in [-0.4, -0.2) is 23.6 Å². The Morgan fingerprint density at radius 3 is 2.57 bits per heavy atom. The summed E-state index contributed by atoms with van der Waals surface area (Å²) in [5, 5.41) is 12.6. The summed E-state index contributed by atoms with van der Waals surface area (Å²) < 4.78 is 18.9. The van der Waals surface area contributed by atoms with Crippen LogP contribution in [0.5, 0.6) is 5.75 Å². The van der Waals surface area contributed by atoms with Crippen LogP contribution < -0.4 is 10.1 Å². The lowest BCUT2D eigenvalue weighted by atomic mass is 9.88. The number of hydrogen-bond acceptors (Lipinski definition) is 4. The van der Waals surface area contributed by atoms with E-state index in [-0.39, 0.29) is 23.1 Å². The van der Waals surface area contributed by atoms with Crippen molar-refractivity contribution in [1.29, 1.82) is 0 Å². The van der Waals surface area contributed by atoms with Crippen LogP contribution in [0, 0.1) is 5.82 Å². The van der Waals surface area contributed by atoms with Gasteiger partial charge in [0.15, 0.2) is 0 Å². The molecular weight excluding hydrogens is 405 g/mol. The molecule has 0 bridgehead atoms. The highest BCUT2D eigenvalue weighted by molar-refractivity contribution is 7.15. The molecule has 0 fully saturated rings. The molecule has 1 amide bonds. The molecule has 1 atom stereocenters. The number of thiophene rings is 1. The van der Waals surface area contributed by atoms with Gasteiger partial charge in [-0.1, -0.05) is 36.9 Å². The maximum atomic E-state index is 13.4. The number of anilines is 1. The number of carbonyl (C=O) groups excluding carboxylic acids is 1. The second kappa shape index (κ2) is 8.12. The summed E-state index contributed by atoms with van der Waals surface area (Å²) in [7, 11) is 0. The molecule has 3 aromatic rings. The summed E-state index contributed by atoms with van der Waals surface area (Å²) in [5.41, 5.74) is 2.32. The predicted molar refractivity (Wildman–Crippen MR) is 114 cm³/mol. The van der Waals surface area contributed by atoms with E-state index in [4.69, 9.17) is 4.74 Å². The predicted octanol–water partition coefficient (Wildman–Crippen LogP) is 5.29. The fraction of sp³-hybridized carbons (Fsp3) is 0.130. The summed E-state index contributed by atoms with van der Waals surface area (Å²) >= 11 is 1.14. The number of aromatic carboxylic acids is 1. The van der Waals surface area contributed by atoms with Gasteiger partial charge in [-0.25, -0.2) is 9.18 Å². The smallest absolute Gasteiger partial charge is 0.346 e. The maximum absolute atomic E-state index is 13.4. The lowest BCUT2D eigenvalue weighted by Crippen LogP contribution is -2.22. The van der Waals surface area contributed by atoms with E-state index in [2.05, 4.69) is 11.9 Å². The Morgan fingerprint density at radius 1 is 1.23 bits per heavy atom. The molecule has 0 saturated carbocycles. The van der Waals surface area contributed by atoms with Crippen molar-refractivity contribution in [2.75, 3.05) is 11.9 Å². The minimum atomic E-state index is -1.09. The monoisotopic (exact) mass is 423 g/mol. The lowest BCUT2D eigenvalue weighted by Gasteiger charge is -2.24. The zero-order chi connectivity index (χ0) is 21.3. The zero-order valence-corrected chi connectivity index (χ0v) is 16.7. The van der Waals surface area contributed by atoms with Gasteiger partial charge in [-0.15, -0.1) is 11.3 Å². The molecule has 0 radical (unpaired) electrons. The average molecular weight is 423 g/mol. The van der Waals surface area contributed by atoms with Gasteiger partial charge in [-0.05, 0) is 35.4 Å². The lowest BCUT2D eigenvalue weighted by molar-refractivity contribution is -0.116. The van der Waals surface area contributed by atoms with Gasteiger partial charge < -0.3 is 15.2 Å². The van der Waals surface area contributed by atoms with Gasteiger partial charge in [0, 0.05) is 22.8 Å². The fourth-order valence-electron chi connectivity index (χ4n) is 3.55. The molecule has 2 heterocycles. The van der Waals surface area contributed by atoms with E-state index >= 15 is 0 Å². The van der Waals surface area contributed by atoms with Crippen LogP contribution in [0.4, 0.5) is 10.1 Å². The molecule has 4 rings (SSSR count). The van der Waals surface area contributed by atoms with Crippen molar-refractivity contribution in [2.45, 2.75) is 12.3 Å². The molecule has 0 saturated heterocycles. The fourth-order valence-corrected chi connectivity index (χ4v) is 4.80. The van der Waals surface area contributed by atoms with E-state index in [1.54, 1.807) is 6.08 Å². The molecule has 1 aliphatic heterocycles. The van der Waals surface area contributed by atoms with E-state index in [0.29, 0.717) is 29.2 Å². The second-order valence-electron chi connectivity index (χ2n) is 6.83. The van der Waals surface area contributed by atoms with E-state index in [1.807, 2.05) is 24.3 Å². The molecule has 2 N–H and O–H groups in total. The first-order chi connectivity index (χ1) is 14.5. The molecule has 152 valence electrons. The molecule has 30 heavy (non-hydrogen) atoms. The number of hydrogen-bond donors (Lipinski definition) is 2. The van der Waals surface area contributed by atoms with Crippen LogP contribution in [-0.2, 0) is 4.79 Å². The number of ether oxygens (including phenoxy) is 1. The van der Waals surface area contributed by atoms with Gasteiger partial charge in [0.2, 0.25) is 5.91 Å². The maximum Gasteiger partial charge on any atom is 0.346 e. The Labute approximate surface area is 176 Å². The number of carbonyl (C=O) groups is 2. The summed E-state index contributed by atoms with van der Waals surface area (Å²) in [4.78, 5) is 25.3. The highest BCUT2D eigenvalue weighted by atomic mass is 32.1. The largest absolute Gasteiger partial charge is 0.490 e. The van der Waals surface area contributed by atoms with E-state index < -0.39 is 11.8 Å². The van der Waals surface area contributed by atoms with Gasteiger partial charge >= 0.3 is 5.97 Å². The molecule has 0 aliphatic carbocycles. The van der Waals surface area contributed by atoms with Gasteiger partial charge in [0.25, 0.3) is 0 Å². The van der Waals surface area contributed by atoms with Crippen molar-refractivity contribution < 1.29 is 23.8 Å². The molecule has 1 aromatic heterocycles. The number of benzene rings is 2. The summed E-state index contributed by atoms with van der Waals surface area (Å²) in [5.74, 6) is -1.30. The van der Waals surface area contributed by atoms with Crippen LogP contribution in [0.3, 0.4) is 0 Å². The molecule has 0 spiro atoms. The van der Waals surface area contributed by atoms with E-state index in [1.165, 1.54) is 24.3 Å². The Hall–Kier alpha value is -3.45. The Kier molecular flexibility index (Phi) is 5.37. The number of rotatable bonds is 6. The quantitative estimate of drug-likeness (QED) is 0.528. The van der Waals surface area contributed by atoms with E-state index in [9.17, 15) is 19.1 Å². The van der Waals surface area contributed by atoms with Crippen molar-refractivity contribution >= 4 is 28.9 Å². The third kappa shape index (κ3) is 3.71. The molecule has 1 aliphatic rings. The van der Waals surface area contributed by atoms with Crippen molar-refractivity contribution in [3.63, 3.8) is 0 Å². The summed E-state index contributed by atoms with van der Waals surface area (Å²) in [6.45, 7) is 4.01. The van der Waals surface area contributed by atoms with Gasteiger partial charge in [-0.3, -0.25) is 4.79 Å². The summed E-state index contributed by atoms with van der Waals surface area (Å²) in [6, 6.07) is 13.0. The zero-order valence-electron chi connectivity index (χ0n) is 15.9. The summed E-state index contributed by atoms with van der Waals surface area (Å²) in [6.07, 6.45) is 1.87. The molecule has 0 unspecified atom stereocenters. The third-order valence-electron chi connectivity index (χ3n) is 4.88. The van der Waals surface area contributed by atoms with Crippen molar-refractivity contribution in [3.05, 3.63) is 82.3 Å². The molecule has 5 nitrogen and oxygen atoms in total. The third-order valence-corrected chi connectivity index (χ3v) is 6.17. The van der Waals surface area contributed by atoms with E-state index in [0.717, 1.165) is 21.8 Å². The molecule has 7 heteroatoms.